The molecule has 8 heteroatoms. The second kappa shape index (κ2) is 8.31. The molecule has 1 saturated carbocycles. The summed E-state index contributed by atoms with van der Waals surface area (Å²) in [6.07, 6.45) is 3.16. The molecule has 0 radical (unpaired) electrons. The summed E-state index contributed by atoms with van der Waals surface area (Å²) in [7, 11) is 1.46. The molecule has 2 aliphatic rings. The first kappa shape index (κ1) is 20.3. The van der Waals surface area contributed by atoms with E-state index in [0.717, 1.165) is 17.7 Å². The van der Waals surface area contributed by atoms with Crippen molar-refractivity contribution in [2.24, 2.45) is 11.8 Å². The van der Waals surface area contributed by atoms with Gasteiger partial charge in [-0.2, -0.15) is 0 Å². The number of hydrogen-bond donors (Lipinski definition) is 0. The van der Waals surface area contributed by atoms with Gasteiger partial charge in [-0.1, -0.05) is 24.4 Å². The average molecular weight is 408 g/mol. The number of hydrogen-bond acceptors (Lipinski definition) is 6. The van der Waals surface area contributed by atoms with Crippen molar-refractivity contribution in [3.05, 3.63) is 28.8 Å². The van der Waals surface area contributed by atoms with Crippen LogP contribution in [0.15, 0.2) is 18.2 Å². The summed E-state index contributed by atoms with van der Waals surface area (Å²) in [4.78, 5) is 50.7. The van der Waals surface area contributed by atoms with Gasteiger partial charge in [0.1, 0.15) is 11.8 Å². The topological polar surface area (TPSA) is 90.0 Å². The lowest BCUT2D eigenvalue weighted by Crippen LogP contribution is -2.44. The number of ether oxygens (including phenoxy) is 2. The van der Waals surface area contributed by atoms with E-state index in [1.54, 1.807) is 6.07 Å². The minimum Gasteiger partial charge on any atom is -0.495 e. The fourth-order valence-corrected chi connectivity index (χ4v) is 4.11. The highest BCUT2D eigenvalue weighted by atomic mass is 35.5. The third-order valence-electron chi connectivity index (χ3n) is 5.42. The fraction of sp³-hybridized carbons (Fsp3) is 0.500. The van der Waals surface area contributed by atoms with Gasteiger partial charge in [-0.25, -0.2) is 4.79 Å². The number of ketones is 1. The third kappa shape index (κ3) is 3.76. The summed E-state index contributed by atoms with van der Waals surface area (Å²) < 4.78 is 10.1. The van der Waals surface area contributed by atoms with Crippen molar-refractivity contribution in [1.29, 1.82) is 0 Å². The molecule has 3 atom stereocenters. The van der Waals surface area contributed by atoms with Crippen LogP contribution < -0.4 is 4.74 Å². The van der Waals surface area contributed by atoms with Crippen molar-refractivity contribution in [2.75, 3.05) is 13.7 Å². The Morgan fingerprint density at radius 1 is 1.18 bits per heavy atom. The Bertz CT molecular complexity index is 799. The van der Waals surface area contributed by atoms with Crippen molar-refractivity contribution in [3.63, 3.8) is 0 Å². The molecule has 1 aliphatic carbocycles. The Balaban J connectivity index is 1.61. The molecule has 1 aromatic carbocycles. The van der Waals surface area contributed by atoms with Crippen LogP contribution in [0, 0.1) is 11.8 Å². The quantitative estimate of drug-likeness (QED) is 0.409. The largest absolute Gasteiger partial charge is 0.495 e. The molecule has 0 N–H and O–H groups in total. The van der Waals surface area contributed by atoms with E-state index in [4.69, 9.17) is 21.1 Å². The molecule has 1 aliphatic heterocycles. The average Bonchev–Trinajstić information content (AvgIpc) is 2.96. The molecule has 2 fully saturated rings. The smallest absolute Gasteiger partial charge is 0.329 e. The number of amides is 2. The molecular formula is C20H22ClNO6. The second-order valence-corrected chi connectivity index (χ2v) is 7.51. The summed E-state index contributed by atoms with van der Waals surface area (Å²) in [6, 6.07) is 3.43. The van der Waals surface area contributed by atoms with Gasteiger partial charge >= 0.3 is 5.97 Å². The van der Waals surface area contributed by atoms with E-state index in [1.807, 2.05) is 0 Å². The van der Waals surface area contributed by atoms with E-state index in [-0.39, 0.29) is 34.2 Å². The highest BCUT2D eigenvalue weighted by Crippen LogP contribution is 2.38. The van der Waals surface area contributed by atoms with E-state index in [0.29, 0.717) is 18.6 Å². The fourth-order valence-electron chi connectivity index (χ4n) is 3.86. The van der Waals surface area contributed by atoms with Crippen molar-refractivity contribution >= 4 is 35.2 Å². The maximum atomic E-state index is 12.6. The molecule has 0 unspecified atom stereocenters. The number of esters is 1. The van der Waals surface area contributed by atoms with Gasteiger partial charge in [0.05, 0.1) is 24.0 Å². The molecule has 1 heterocycles. The monoisotopic (exact) mass is 407 g/mol. The standard InChI is InChI=1S/C20H22ClNO6/c1-11(22-18(24)13-5-3-4-6-14(13)19(22)25)20(26)28-10-16(23)12-7-8-17(27-2)15(21)9-12/h7-9,11,13-14H,3-6,10H2,1-2H3/t11-,13-,14+/m0/s1. The van der Waals surface area contributed by atoms with Crippen LogP contribution in [0.2, 0.25) is 5.02 Å². The van der Waals surface area contributed by atoms with Crippen molar-refractivity contribution in [2.45, 2.75) is 38.6 Å². The third-order valence-corrected chi connectivity index (χ3v) is 5.72. The SMILES string of the molecule is COc1ccc(C(=O)COC(=O)[C@H](C)N2C(=O)[C@H]3CCCC[C@H]3C2=O)cc1Cl. The van der Waals surface area contributed by atoms with Gasteiger partial charge in [-0.15, -0.1) is 0 Å². The summed E-state index contributed by atoms with van der Waals surface area (Å²) in [5, 5.41) is 0.268. The minimum atomic E-state index is -1.06. The molecule has 0 aromatic heterocycles. The molecule has 7 nitrogen and oxygen atoms in total. The van der Waals surface area contributed by atoms with Gasteiger partial charge < -0.3 is 9.47 Å². The van der Waals surface area contributed by atoms with Crippen LogP contribution in [0.3, 0.4) is 0 Å². The first-order valence-corrected chi connectivity index (χ1v) is 9.63. The number of rotatable bonds is 6. The molecular weight excluding hydrogens is 386 g/mol. The van der Waals surface area contributed by atoms with Gasteiger partial charge in [-0.05, 0) is 38.0 Å². The summed E-state index contributed by atoms with van der Waals surface area (Å²) in [5.41, 5.74) is 0.269. The number of likely N-dealkylation sites (tertiary alicyclic amines) is 1. The number of halogens is 1. The van der Waals surface area contributed by atoms with E-state index in [2.05, 4.69) is 0 Å². The van der Waals surface area contributed by atoms with Gasteiger partial charge in [-0.3, -0.25) is 19.3 Å². The Hall–Kier alpha value is -2.41. The van der Waals surface area contributed by atoms with Crippen molar-refractivity contribution in [1.82, 2.24) is 4.90 Å². The van der Waals surface area contributed by atoms with Crippen LogP contribution in [0.4, 0.5) is 0 Å². The predicted octanol–water partition coefficient (Wildman–Crippen LogP) is 2.64. The number of methoxy groups -OCH3 is 1. The van der Waals surface area contributed by atoms with Gasteiger partial charge in [0, 0.05) is 5.56 Å². The maximum Gasteiger partial charge on any atom is 0.329 e. The van der Waals surface area contributed by atoms with Crippen LogP contribution in [-0.2, 0) is 19.1 Å². The maximum absolute atomic E-state index is 12.6. The van der Waals surface area contributed by atoms with E-state index >= 15 is 0 Å². The van der Waals surface area contributed by atoms with E-state index in [9.17, 15) is 19.2 Å². The number of benzene rings is 1. The van der Waals surface area contributed by atoms with Crippen LogP contribution in [0.5, 0.6) is 5.75 Å². The first-order chi connectivity index (χ1) is 13.3. The zero-order valence-corrected chi connectivity index (χ0v) is 16.5. The normalized spacial score (nSPS) is 22.6. The molecule has 1 aromatic rings. The predicted molar refractivity (Wildman–Crippen MR) is 100 cm³/mol. The van der Waals surface area contributed by atoms with E-state index < -0.39 is 24.4 Å². The second-order valence-electron chi connectivity index (χ2n) is 7.10. The number of fused-ring (bicyclic) bond motifs is 1. The van der Waals surface area contributed by atoms with Crippen LogP contribution in [-0.4, -0.2) is 48.2 Å². The summed E-state index contributed by atoms with van der Waals surface area (Å²) in [5.74, 6) is -2.10. The molecule has 150 valence electrons. The first-order valence-electron chi connectivity index (χ1n) is 9.25. The molecule has 2 amide bonds. The van der Waals surface area contributed by atoms with Crippen LogP contribution in [0.1, 0.15) is 43.0 Å². The zero-order valence-electron chi connectivity index (χ0n) is 15.8. The summed E-state index contributed by atoms with van der Waals surface area (Å²) >= 11 is 6.00. The number of carbonyl (C=O) groups excluding carboxylic acids is 4. The molecule has 3 rings (SSSR count). The Kier molecular flexibility index (Phi) is 6.03. The zero-order chi connectivity index (χ0) is 20.4. The highest BCUT2D eigenvalue weighted by molar-refractivity contribution is 6.32. The van der Waals surface area contributed by atoms with Crippen LogP contribution in [0.25, 0.3) is 0 Å². The minimum absolute atomic E-state index is 0.268. The number of carbonyl (C=O) groups is 4. The molecule has 1 saturated heterocycles. The Morgan fingerprint density at radius 3 is 2.32 bits per heavy atom. The van der Waals surface area contributed by atoms with E-state index in [1.165, 1.54) is 26.2 Å². The van der Waals surface area contributed by atoms with Crippen LogP contribution >= 0.6 is 11.6 Å². The van der Waals surface area contributed by atoms with Gasteiger partial charge in [0.2, 0.25) is 11.8 Å². The lowest BCUT2D eigenvalue weighted by molar-refractivity contribution is -0.157. The molecule has 0 spiro atoms. The Labute approximate surface area is 167 Å². The summed E-state index contributed by atoms with van der Waals surface area (Å²) in [6.45, 7) is 0.944. The Morgan fingerprint density at radius 2 is 1.79 bits per heavy atom. The number of imide groups is 1. The van der Waals surface area contributed by atoms with Gasteiger partial charge in [0.15, 0.2) is 12.4 Å². The van der Waals surface area contributed by atoms with Gasteiger partial charge in [0.25, 0.3) is 0 Å². The lowest BCUT2D eigenvalue weighted by Gasteiger charge is -2.21. The number of Topliss-reactive ketones (excluding diaryl/α,β-unsaturated/α-hetero) is 1. The molecule has 28 heavy (non-hydrogen) atoms. The van der Waals surface area contributed by atoms with Crippen molar-refractivity contribution in [3.8, 4) is 5.75 Å². The van der Waals surface area contributed by atoms with Crippen molar-refractivity contribution < 1.29 is 28.7 Å². The highest BCUT2D eigenvalue weighted by Gasteiger charge is 2.51. The number of nitrogens with zero attached hydrogens (tertiary/aromatic N) is 1. The lowest BCUT2D eigenvalue weighted by atomic mass is 9.81. The molecule has 0 bridgehead atoms.